The van der Waals surface area contributed by atoms with Crippen LogP contribution in [0.1, 0.15) is 57.7 Å². The highest BCUT2D eigenvalue weighted by atomic mass is 32.1. The van der Waals surface area contributed by atoms with Crippen LogP contribution >= 0.6 is 11.3 Å². The van der Waals surface area contributed by atoms with Crippen molar-refractivity contribution in [1.82, 2.24) is 20.1 Å². The number of carbonyl (C=O) groups excluding carboxylic acids is 3. The van der Waals surface area contributed by atoms with E-state index in [1.165, 1.54) is 4.90 Å². The first-order chi connectivity index (χ1) is 18.4. The summed E-state index contributed by atoms with van der Waals surface area (Å²) in [6.45, 7) is 8.98. The van der Waals surface area contributed by atoms with Gasteiger partial charge in [-0.3, -0.25) is 9.59 Å². The van der Waals surface area contributed by atoms with Gasteiger partial charge in [0.1, 0.15) is 6.04 Å². The molecule has 0 bridgehead atoms. The Morgan fingerprint density at radius 3 is 2.44 bits per heavy atom. The summed E-state index contributed by atoms with van der Waals surface area (Å²) in [6.07, 6.45) is 2.42. The first kappa shape index (κ1) is 27.6. The quantitative estimate of drug-likeness (QED) is 0.506. The lowest BCUT2D eigenvalue weighted by molar-refractivity contribution is -0.170. The van der Waals surface area contributed by atoms with Gasteiger partial charge in [-0.25, -0.2) is 9.78 Å². The minimum Gasteiger partial charge on any atom is -0.391 e. The van der Waals surface area contributed by atoms with Crippen LogP contribution in [0, 0.1) is 23.7 Å². The van der Waals surface area contributed by atoms with E-state index in [0.717, 1.165) is 41.0 Å². The van der Waals surface area contributed by atoms with Gasteiger partial charge in [0.2, 0.25) is 11.8 Å². The molecule has 1 unspecified atom stereocenters. The Hall–Kier alpha value is -2.98. The maximum atomic E-state index is 14.2. The molecule has 3 aliphatic rings. The zero-order chi connectivity index (χ0) is 28.1. The van der Waals surface area contributed by atoms with E-state index in [1.807, 2.05) is 57.5 Å². The molecule has 3 fully saturated rings. The second kappa shape index (κ2) is 10.2. The van der Waals surface area contributed by atoms with E-state index >= 15 is 0 Å². The lowest BCUT2D eigenvalue weighted by atomic mass is 9.52. The zero-order valence-corrected chi connectivity index (χ0v) is 24.0. The standard InChI is InChI=1S/C29H39N5O4S/c1-17-23(39-16-32-17)19-8-6-18(7-9-19)13-31-25(36)21-12-20(35)14-33(21)26(37)22(28(2,3)4)24-29(10-5-11-29)15-34(24)27(30)38/h6-9,16,20-22,24,35H,5,10-15H2,1-4H3,(H2,30,38)(H,31,36)/t20-,21+,22+,24?/m1/s1. The molecule has 210 valence electrons. The van der Waals surface area contributed by atoms with Crippen molar-refractivity contribution in [3.63, 3.8) is 0 Å². The second-order valence-electron chi connectivity index (χ2n) is 12.5. The van der Waals surface area contributed by atoms with Gasteiger partial charge in [0.05, 0.1) is 34.1 Å². The maximum Gasteiger partial charge on any atom is 0.315 e. The number of aliphatic hydroxyl groups is 1. The van der Waals surface area contributed by atoms with Gasteiger partial charge in [0.15, 0.2) is 0 Å². The SMILES string of the molecule is Cc1ncsc1-c1ccc(CNC(=O)[C@@H]2C[C@@H](O)CN2C(=O)[C@H](C2N(C(N)=O)CC23CCC3)C(C)(C)C)cc1. The van der Waals surface area contributed by atoms with Crippen LogP contribution in [0.2, 0.25) is 0 Å². The van der Waals surface area contributed by atoms with Crippen LogP contribution in [-0.4, -0.2) is 69.0 Å². The van der Waals surface area contributed by atoms with Crippen LogP contribution < -0.4 is 11.1 Å². The lowest BCUT2D eigenvalue weighted by Crippen LogP contribution is -2.75. The van der Waals surface area contributed by atoms with Gasteiger partial charge in [-0.2, -0.15) is 0 Å². The summed E-state index contributed by atoms with van der Waals surface area (Å²) in [6, 6.07) is 6.42. The zero-order valence-electron chi connectivity index (χ0n) is 23.1. The third kappa shape index (κ3) is 5.04. The Balaban J connectivity index is 1.30. The van der Waals surface area contributed by atoms with Gasteiger partial charge in [-0.05, 0) is 36.3 Å². The average molecular weight is 554 g/mol. The Labute approximate surface area is 233 Å². The third-order valence-corrected chi connectivity index (χ3v) is 9.87. The molecule has 3 heterocycles. The van der Waals surface area contributed by atoms with Crippen molar-refractivity contribution in [3.8, 4) is 10.4 Å². The number of nitrogens with one attached hydrogen (secondary N) is 1. The number of likely N-dealkylation sites (tertiary alicyclic amines) is 2. The van der Waals surface area contributed by atoms with Crippen LogP contribution in [0.5, 0.6) is 0 Å². The number of aliphatic hydroxyl groups excluding tert-OH is 1. The monoisotopic (exact) mass is 553 g/mol. The minimum atomic E-state index is -0.779. The number of aromatic nitrogens is 1. The van der Waals surface area contributed by atoms with Crippen LogP contribution in [0.4, 0.5) is 4.79 Å². The third-order valence-electron chi connectivity index (χ3n) is 8.89. The van der Waals surface area contributed by atoms with Gasteiger partial charge in [-0.1, -0.05) is 51.5 Å². The molecule has 4 amide bonds. The van der Waals surface area contributed by atoms with Gasteiger partial charge in [-0.15, -0.1) is 11.3 Å². The number of thiazole rings is 1. The number of urea groups is 1. The van der Waals surface area contributed by atoms with Gasteiger partial charge < -0.3 is 26.0 Å². The number of benzene rings is 1. The Kier molecular flexibility index (Phi) is 7.22. The second-order valence-corrected chi connectivity index (χ2v) is 13.4. The summed E-state index contributed by atoms with van der Waals surface area (Å²) < 4.78 is 0. The summed E-state index contributed by atoms with van der Waals surface area (Å²) >= 11 is 1.59. The van der Waals surface area contributed by atoms with Crippen LogP contribution in [0.3, 0.4) is 0 Å². The average Bonchev–Trinajstić information content (AvgIpc) is 3.43. The van der Waals surface area contributed by atoms with E-state index < -0.39 is 29.5 Å². The molecule has 9 nitrogen and oxygen atoms in total. The fourth-order valence-corrected chi connectivity index (χ4v) is 7.52. The van der Waals surface area contributed by atoms with E-state index in [-0.39, 0.29) is 36.2 Å². The van der Waals surface area contributed by atoms with E-state index in [1.54, 1.807) is 16.2 Å². The molecule has 10 heteroatoms. The minimum absolute atomic E-state index is 0.0807. The van der Waals surface area contributed by atoms with E-state index in [2.05, 4.69) is 10.3 Å². The molecule has 1 saturated carbocycles. The largest absolute Gasteiger partial charge is 0.391 e. The maximum absolute atomic E-state index is 14.2. The molecule has 2 saturated heterocycles. The molecule has 1 aromatic carbocycles. The topological polar surface area (TPSA) is 129 Å². The van der Waals surface area contributed by atoms with E-state index in [9.17, 15) is 19.5 Å². The summed E-state index contributed by atoms with van der Waals surface area (Å²) in [4.78, 5) is 48.4. The van der Waals surface area contributed by atoms with Crippen molar-refractivity contribution in [2.45, 2.75) is 78.1 Å². The van der Waals surface area contributed by atoms with E-state index in [0.29, 0.717) is 13.1 Å². The van der Waals surface area contributed by atoms with Crippen LogP contribution in [0.25, 0.3) is 10.4 Å². The number of carbonyl (C=O) groups is 3. The van der Waals surface area contributed by atoms with Crippen molar-refractivity contribution in [3.05, 3.63) is 41.0 Å². The Bertz CT molecular complexity index is 1250. The number of rotatable bonds is 6. The highest BCUT2D eigenvalue weighted by molar-refractivity contribution is 7.13. The molecule has 2 aromatic rings. The normalized spacial score (nSPS) is 24.7. The first-order valence-corrected chi connectivity index (χ1v) is 14.6. The van der Waals surface area contributed by atoms with Crippen LogP contribution in [0.15, 0.2) is 29.8 Å². The van der Waals surface area contributed by atoms with Crippen molar-refractivity contribution in [1.29, 1.82) is 0 Å². The smallest absolute Gasteiger partial charge is 0.315 e. The number of nitrogens with zero attached hydrogens (tertiary/aromatic N) is 3. The fraction of sp³-hybridized carbons (Fsp3) is 0.586. The molecule has 5 rings (SSSR count). The number of primary amides is 1. The molecule has 0 radical (unpaired) electrons. The Morgan fingerprint density at radius 1 is 1.21 bits per heavy atom. The van der Waals surface area contributed by atoms with Crippen molar-refractivity contribution in [2.24, 2.45) is 22.5 Å². The van der Waals surface area contributed by atoms with Gasteiger partial charge in [0, 0.05) is 31.5 Å². The summed E-state index contributed by atoms with van der Waals surface area (Å²) in [7, 11) is 0. The van der Waals surface area contributed by atoms with Crippen molar-refractivity contribution < 1.29 is 19.5 Å². The molecule has 39 heavy (non-hydrogen) atoms. The number of hydrogen-bond donors (Lipinski definition) is 3. The molecule has 4 N–H and O–H groups in total. The van der Waals surface area contributed by atoms with E-state index in [4.69, 9.17) is 5.73 Å². The van der Waals surface area contributed by atoms with Crippen molar-refractivity contribution in [2.75, 3.05) is 13.1 Å². The summed E-state index contributed by atoms with van der Waals surface area (Å²) in [5, 5.41) is 13.5. The fourth-order valence-electron chi connectivity index (χ4n) is 6.71. The van der Waals surface area contributed by atoms with Gasteiger partial charge in [0.25, 0.3) is 0 Å². The molecule has 2 aliphatic heterocycles. The van der Waals surface area contributed by atoms with Crippen molar-refractivity contribution >= 4 is 29.2 Å². The molecule has 1 aliphatic carbocycles. The molecular weight excluding hydrogens is 514 g/mol. The van der Waals surface area contributed by atoms with Gasteiger partial charge >= 0.3 is 6.03 Å². The number of hydrogen-bond acceptors (Lipinski definition) is 6. The number of amides is 4. The highest BCUT2D eigenvalue weighted by Crippen LogP contribution is 2.58. The molecule has 4 atom stereocenters. The number of aryl methyl sites for hydroxylation is 1. The molecule has 1 aromatic heterocycles. The molecular formula is C29H39N5O4S. The summed E-state index contributed by atoms with van der Waals surface area (Å²) in [5.74, 6) is -0.998. The lowest BCUT2D eigenvalue weighted by Gasteiger charge is -2.65. The number of nitrogens with two attached hydrogens (primary N) is 1. The highest BCUT2D eigenvalue weighted by Gasteiger charge is 2.63. The Morgan fingerprint density at radius 2 is 1.90 bits per heavy atom. The summed E-state index contributed by atoms with van der Waals surface area (Å²) in [5.41, 5.74) is 10.0. The first-order valence-electron chi connectivity index (χ1n) is 13.7. The molecule has 1 spiro atoms. The predicted octanol–water partition coefficient (Wildman–Crippen LogP) is 3.29. The predicted molar refractivity (Wildman–Crippen MR) is 150 cm³/mol. The number of β-amino-alcohol motifs (C(OH)–C–C–N with tert-alkyl or cyclic N) is 1. The van der Waals surface area contributed by atoms with Crippen LogP contribution in [-0.2, 0) is 16.1 Å².